The normalized spacial score (nSPS) is 21.6. The fourth-order valence-electron chi connectivity index (χ4n) is 2.78. The van der Waals surface area contributed by atoms with E-state index in [1.165, 1.54) is 50.2 Å². The Morgan fingerprint density at radius 1 is 0.947 bits per heavy atom. The second-order valence-electron chi connectivity index (χ2n) is 5.26. The number of allylic oxidation sites excluding steroid dienone is 2. The Balaban J connectivity index is 1.68. The van der Waals surface area contributed by atoms with Crippen molar-refractivity contribution >= 4 is 11.4 Å². The molecule has 3 rings (SSSR count). The van der Waals surface area contributed by atoms with Crippen LogP contribution in [0.25, 0.3) is 0 Å². The van der Waals surface area contributed by atoms with Crippen molar-refractivity contribution < 1.29 is 0 Å². The standard InChI is InChI=1S/C16H21N3/c1-2-7-14(8-3-1)17-18-15-9-6-10-16(13-15)19-11-4-5-12-19/h1-3,7-8,13,17H,4-6,9-12H2/b18-15-. The second kappa shape index (κ2) is 5.91. The Bertz CT molecular complexity index is 470. The first-order valence-electron chi connectivity index (χ1n) is 7.25. The Kier molecular flexibility index (Phi) is 3.82. The minimum absolute atomic E-state index is 1.05. The lowest BCUT2D eigenvalue weighted by atomic mass is 10.0. The van der Waals surface area contributed by atoms with Gasteiger partial charge in [-0.15, -0.1) is 0 Å². The molecule has 0 spiro atoms. The van der Waals surface area contributed by atoms with E-state index >= 15 is 0 Å². The number of hydrogen-bond donors (Lipinski definition) is 1. The summed E-state index contributed by atoms with van der Waals surface area (Å²) >= 11 is 0. The number of rotatable bonds is 3. The number of likely N-dealkylation sites (tertiary alicyclic amines) is 1. The largest absolute Gasteiger partial charge is 0.375 e. The van der Waals surface area contributed by atoms with Gasteiger partial charge in [0.15, 0.2) is 0 Å². The second-order valence-corrected chi connectivity index (χ2v) is 5.26. The maximum absolute atomic E-state index is 4.54. The van der Waals surface area contributed by atoms with E-state index in [9.17, 15) is 0 Å². The van der Waals surface area contributed by atoms with Gasteiger partial charge in [0.25, 0.3) is 0 Å². The molecule has 0 radical (unpaired) electrons. The van der Waals surface area contributed by atoms with Crippen LogP contribution in [-0.2, 0) is 0 Å². The van der Waals surface area contributed by atoms with Crippen molar-refractivity contribution in [1.29, 1.82) is 0 Å². The quantitative estimate of drug-likeness (QED) is 0.835. The van der Waals surface area contributed by atoms with E-state index in [1.54, 1.807) is 0 Å². The zero-order valence-electron chi connectivity index (χ0n) is 11.3. The number of nitrogens with one attached hydrogen (secondary N) is 1. The summed E-state index contributed by atoms with van der Waals surface area (Å²) in [5, 5.41) is 4.54. The maximum Gasteiger partial charge on any atom is 0.0624 e. The van der Waals surface area contributed by atoms with Gasteiger partial charge in [-0.2, -0.15) is 5.10 Å². The van der Waals surface area contributed by atoms with Crippen LogP contribution >= 0.6 is 0 Å². The summed E-state index contributed by atoms with van der Waals surface area (Å²) in [6, 6.07) is 10.1. The van der Waals surface area contributed by atoms with Crippen LogP contribution in [0.4, 0.5) is 5.69 Å². The van der Waals surface area contributed by atoms with Crippen LogP contribution in [0.15, 0.2) is 47.2 Å². The molecule has 0 amide bonds. The van der Waals surface area contributed by atoms with Gasteiger partial charge in [0, 0.05) is 18.8 Å². The highest BCUT2D eigenvalue weighted by atomic mass is 15.3. The molecule has 0 saturated carbocycles. The predicted molar refractivity (Wildman–Crippen MR) is 80.2 cm³/mol. The average Bonchev–Trinajstić information content (AvgIpc) is 3.01. The molecule has 1 heterocycles. The highest BCUT2D eigenvalue weighted by molar-refractivity contribution is 5.96. The van der Waals surface area contributed by atoms with Crippen molar-refractivity contribution in [2.24, 2.45) is 5.10 Å². The molecule has 1 aliphatic carbocycles. The van der Waals surface area contributed by atoms with Crippen LogP contribution in [0.3, 0.4) is 0 Å². The van der Waals surface area contributed by atoms with Crippen molar-refractivity contribution in [3.8, 4) is 0 Å². The molecule has 0 bridgehead atoms. The molecule has 3 nitrogen and oxygen atoms in total. The van der Waals surface area contributed by atoms with E-state index in [1.807, 2.05) is 30.3 Å². The van der Waals surface area contributed by atoms with E-state index in [0.717, 1.165) is 12.1 Å². The minimum Gasteiger partial charge on any atom is -0.375 e. The molecule has 100 valence electrons. The van der Waals surface area contributed by atoms with E-state index in [-0.39, 0.29) is 0 Å². The third kappa shape index (κ3) is 3.16. The smallest absolute Gasteiger partial charge is 0.0624 e. The summed E-state index contributed by atoms with van der Waals surface area (Å²) < 4.78 is 0. The molecule has 1 aromatic carbocycles. The third-order valence-electron chi connectivity index (χ3n) is 3.81. The molecular weight excluding hydrogens is 234 g/mol. The molecule has 19 heavy (non-hydrogen) atoms. The number of nitrogens with zero attached hydrogens (tertiary/aromatic N) is 2. The van der Waals surface area contributed by atoms with Gasteiger partial charge >= 0.3 is 0 Å². The number of anilines is 1. The summed E-state index contributed by atoms with van der Waals surface area (Å²) in [6.07, 6.45) is 8.47. The van der Waals surface area contributed by atoms with Crippen LogP contribution < -0.4 is 5.43 Å². The Morgan fingerprint density at radius 2 is 1.74 bits per heavy atom. The summed E-state index contributed by atoms with van der Waals surface area (Å²) in [6.45, 7) is 2.45. The van der Waals surface area contributed by atoms with Gasteiger partial charge in [0.05, 0.1) is 11.4 Å². The van der Waals surface area contributed by atoms with Gasteiger partial charge in [-0.25, -0.2) is 0 Å². The zero-order valence-corrected chi connectivity index (χ0v) is 11.3. The van der Waals surface area contributed by atoms with Gasteiger partial charge in [-0.3, -0.25) is 5.43 Å². The predicted octanol–water partition coefficient (Wildman–Crippen LogP) is 3.62. The van der Waals surface area contributed by atoms with Crippen LogP contribution in [0.1, 0.15) is 32.1 Å². The number of para-hydroxylation sites is 1. The molecule has 2 aliphatic rings. The molecule has 1 aliphatic heterocycles. The van der Waals surface area contributed by atoms with Crippen LogP contribution in [0.5, 0.6) is 0 Å². The maximum atomic E-state index is 4.54. The lowest BCUT2D eigenvalue weighted by Gasteiger charge is -2.24. The summed E-state index contributed by atoms with van der Waals surface area (Å²) in [5.41, 5.74) is 6.86. The van der Waals surface area contributed by atoms with Gasteiger partial charge in [-0.1, -0.05) is 18.2 Å². The van der Waals surface area contributed by atoms with Crippen molar-refractivity contribution in [3.63, 3.8) is 0 Å². The van der Waals surface area contributed by atoms with E-state index in [2.05, 4.69) is 21.5 Å². The Labute approximate surface area is 115 Å². The highest BCUT2D eigenvalue weighted by Crippen LogP contribution is 2.23. The van der Waals surface area contributed by atoms with Gasteiger partial charge in [0.2, 0.25) is 0 Å². The van der Waals surface area contributed by atoms with Crippen LogP contribution in [-0.4, -0.2) is 23.7 Å². The molecule has 0 aromatic heterocycles. The zero-order chi connectivity index (χ0) is 12.9. The molecule has 0 atom stereocenters. The third-order valence-corrected chi connectivity index (χ3v) is 3.81. The molecule has 3 heteroatoms. The lowest BCUT2D eigenvalue weighted by molar-refractivity contribution is 0.404. The van der Waals surface area contributed by atoms with Crippen LogP contribution in [0.2, 0.25) is 0 Å². The topological polar surface area (TPSA) is 27.6 Å². The minimum atomic E-state index is 1.05. The van der Waals surface area contributed by atoms with Gasteiger partial charge in [0.1, 0.15) is 0 Å². The molecule has 1 fully saturated rings. The molecule has 1 saturated heterocycles. The van der Waals surface area contributed by atoms with E-state index < -0.39 is 0 Å². The van der Waals surface area contributed by atoms with Crippen molar-refractivity contribution in [3.05, 3.63) is 42.1 Å². The first-order valence-corrected chi connectivity index (χ1v) is 7.25. The van der Waals surface area contributed by atoms with Crippen molar-refractivity contribution in [1.82, 2.24) is 4.90 Å². The average molecular weight is 255 g/mol. The molecule has 0 unspecified atom stereocenters. The lowest BCUT2D eigenvalue weighted by Crippen LogP contribution is -2.22. The number of hydrazone groups is 1. The van der Waals surface area contributed by atoms with E-state index in [4.69, 9.17) is 0 Å². The number of hydrogen-bond acceptors (Lipinski definition) is 3. The first kappa shape index (κ1) is 12.3. The molecule has 1 aromatic rings. The first-order chi connectivity index (χ1) is 9.42. The van der Waals surface area contributed by atoms with Crippen molar-refractivity contribution in [2.75, 3.05) is 18.5 Å². The summed E-state index contributed by atoms with van der Waals surface area (Å²) in [4.78, 5) is 2.52. The SMILES string of the molecule is C1=C(N2CCCC2)CCC/C1=N/Nc1ccccc1. The number of benzene rings is 1. The summed E-state index contributed by atoms with van der Waals surface area (Å²) in [7, 11) is 0. The fourth-order valence-corrected chi connectivity index (χ4v) is 2.78. The summed E-state index contributed by atoms with van der Waals surface area (Å²) in [5.74, 6) is 0. The fraction of sp³-hybridized carbons (Fsp3) is 0.438. The Hall–Kier alpha value is -1.77. The van der Waals surface area contributed by atoms with Gasteiger partial charge in [-0.05, 0) is 50.3 Å². The molecular formula is C16H21N3. The molecule has 1 N–H and O–H groups in total. The van der Waals surface area contributed by atoms with E-state index in [0.29, 0.717) is 0 Å². The van der Waals surface area contributed by atoms with Crippen molar-refractivity contribution in [2.45, 2.75) is 32.1 Å². The highest BCUT2D eigenvalue weighted by Gasteiger charge is 2.18. The Morgan fingerprint density at radius 3 is 2.53 bits per heavy atom. The monoisotopic (exact) mass is 255 g/mol. The van der Waals surface area contributed by atoms with Crippen LogP contribution in [0, 0.1) is 0 Å². The van der Waals surface area contributed by atoms with Gasteiger partial charge < -0.3 is 4.90 Å².